The van der Waals surface area contributed by atoms with E-state index >= 15 is 0 Å². The van der Waals surface area contributed by atoms with Gasteiger partial charge in [0.2, 0.25) is 5.43 Å². The highest BCUT2D eigenvalue weighted by molar-refractivity contribution is 5.94. The number of H-pyrrole nitrogens is 1. The van der Waals surface area contributed by atoms with Gasteiger partial charge in [-0.25, -0.2) is 9.18 Å². The molecule has 0 saturated heterocycles. The van der Waals surface area contributed by atoms with Gasteiger partial charge in [-0.3, -0.25) is 4.79 Å². The fourth-order valence-corrected chi connectivity index (χ4v) is 2.06. The average Bonchev–Trinajstić information content (AvgIpc) is 3.05. The summed E-state index contributed by atoms with van der Waals surface area (Å²) in [6, 6.07) is 5.38. The van der Waals surface area contributed by atoms with Gasteiger partial charge >= 0.3 is 5.97 Å². The Bertz CT molecular complexity index is 722. The van der Waals surface area contributed by atoms with Crippen molar-refractivity contribution in [3.05, 3.63) is 45.7 Å². The van der Waals surface area contributed by atoms with Crippen LogP contribution in [0.5, 0.6) is 0 Å². The summed E-state index contributed by atoms with van der Waals surface area (Å²) in [6.45, 7) is 1.80. The van der Waals surface area contributed by atoms with Gasteiger partial charge in [0.15, 0.2) is 0 Å². The molecule has 1 aromatic heterocycles. The number of aromatic nitrogens is 1. The quantitative estimate of drug-likeness (QED) is 0.842. The summed E-state index contributed by atoms with van der Waals surface area (Å²) in [5, 5.41) is 0.463. The van der Waals surface area contributed by atoms with Crippen LogP contribution >= 0.6 is 0 Å². The van der Waals surface area contributed by atoms with Gasteiger partial charge in [-0.2, -0.15) is 0 Å². The van der Waals surface area contributed by atoms with Crippen molar-refractivity contribution in [2.24, 2.45) is 0 Å². The minimum atomic E-state index is -1.09. The second-order valence-corrected chi connectivity index (χ2v) is 4.72. The molecular weight excluding hydrogens is 249 g/mol. The molecule has 1 aliphatic carbocycles. The van der Waals surface area contributed by atoms with Gasteiger partial charge in [0.05, 0.1) is 0 Å². The van der Waals surface area contributed by atoms with Gasteiger partial charge in [0.25, 0.3) is 0 Å². The standard InChI is InChI=1S/C14H12FNO3/c1-7-3-2-4-10-12(7)13(17)8(6-16-10)14(18)19-11-5-9(11)15/h2-4,6,9,11H,5H2,1H3,(H,16,17)/t9-,11+/m0/s1. The molecule has 1 N–H and O–H groups in total. The SMILES string of the molecule is Cc1cccc2[nH]cc(C(=O)O[C@@H]3C[C@@H]3F)c(=O)c12. The molecule has 0 spiro atoms. The third-order valence-electron chi connectivity index (χ3n) is 3.25. The van der Waals surface area contributed by atoms with Crippen molar-refractivity contribution in [1.82, 2.24) is 4.98 Å². The zero-order chi connectivity index (χ0) is 13.6. The number of aromatic amines is 1. The van der Waals surface area contributed by atoms with E-state index in [1.807, 2.05) is 6.07 Å². The van der Waals surface area contributed by atoms with Crippen molar-refractivity contribution >= 4 is 16.9 Å². The Kier molecular flexibility index (Phi) is 2.62. The average molecular weight is 261 g/mol. The maximum atomic E-state index is 12.7. The normalized spacial score (nSPS) is 21.4. The van der Waals surface area contributed by atoms with Gasteiger partial charge in [-0.05, 0) is 18.6 Å². The summed E-state index contributed by atoms with van der Waals surface area (Å²) < 4.78 is 17.6. The minimum Gasteiger partial charge on any atom is -0.455 e. The van der Waals surface area contributed by atoms with Crippen molar-refractivity contribution in [3.8, 4) is 0 Å². The number of hydrogen-bond donors (Lipinski definition) is 1. The van der Waals surface area contributed by atoms with Crippen LogP contribution in [-0.4, -0.2) is 23.2 Å². The van der Waals surface area contributed by atoms with Crippen LogP contribution in [0.25, 0.3) is 10.9 Å². The first-order valence-electron chi connectivity index (χ1n) is 6.04. The molecule has 4 nitrogen and oxygen atoms in total. The largest absolute Gasteiger partial charge is 0.455 e. The lowest BCUT2D eigenvalue weighted by Gasteiger charge is -2.05. The molecule has 0 aliphatic heterocycles. The Morgan fingerprint density at radius 1 is 1.47 bits per heavy atom. The molecule has 1 heterocycles. The Morgan fingerprint density at radius 2 is 2.21 bits per heavy atom. The molecule has 1 aromatic carbocycles. The van der Waals surface area contributed by atoms with Crippen molar-refractivity contribution in [2.45, 2.75) is 25.6 Å². The predicted molar refractivity (Wildman–Crippen MR) is 68.0 cm³/mol. The number of fused-ring (bicyclic) bond motifs is 1. The molecule has 19 heavy (non-hydrogen) atoms. The van der Waals surface area contributed by atoms with E-state index in [1.165, 1.54) is 6.20 Å². The minimum absolute atomic E-state index is 0.0825. The van der Waals surface area contributed by atoms with Gasteiger partial charge in [-0.1, -0.05) is 12.1 Å². The molecule has 1 fully saturated rings. The molecule has 2 atom stereocenters. The Labute approximate surface area is 108 Å². The number of esters is 1. The zero-order valence-electron chi connectivity index (χ0n) is 10.3. The number of alkyl halides is 1. The molecule has 0 amide bonds. The highest BCUT2D eigenvalue weighted by atomic mass is 19.1. The number of benzene rings is 1. The van der Waals surface area contributed by atoms with Crippen LogP contribution in [0.3, 0.4) is 0 Å². The molecule has 2 aromatic rings. The van der Waals surface area contributed by atoms with Gasteiger partial charge < -0.3 is 9.72 Å². The van der Waals surface area contributed by atoms with E-state index < -0.39 is 18.2 Å². The highest BCUT2D eigenvalue weighted by Crippen LogP contribution is 2.29. The van der Waals surface area contributed by atoms with E-state index in [4.69, 9.17) is 4.74 Å². The molecule has 0 bridgehead atoms. The van der Waals surface area contributed by atoms with Gasteiger partial charge in [-0.15, -0.1) is 0 Å². The molecule has 5 heteroatoms. The topological polar surface area (TPSA) is 59.2 Å². The van der Waals surface area contributed by atoms with Crippen LogP contribution in [0.15, 0.2) is 29.2 Å². The summed E-state index contributed by atoms with van der Waals surface area (Å²) >= 11 is 0. The van der Waals surface area contributed by atoms with Crippen LogP contribution in [0.2, 0.25) is 0 Å². The van der Waals surface area contributed by atoms with Crippen LogP contribution in [0.1, 0.15) is 22.3 Å². The Hall–Kier alpha value is -2.17. The number of nitrogens with one attached hydrogen (secondary N) is 1. The summed E-state index contributed by atoms with van der Waals surface area (Å²) in [4.78, 5) is 27.0. The summed E-state index contributed by atoms with van der Waals surface area (Å²) in [5.74, 6) is -0.767. The fraction of sp³-hybridized carbons (Fsp3) is 0.286. The van der Waals surface area contributed by atoms with Crippen LogP contribution in [0, 0.1) is 6.92 Å². The highest BCUT2D eigenvalue weighted by Gasteiger charge is 2.41. The number of hydrogen-bond acceptors (Lipinski definition) is 3. The van der Waals surface area contributed by atoms with Gasteiger partial charge in [0, 0.05) is 23.5 Å². The first-order valence-corrected chi connectivity index (χ1v) is 6.04. The lowest BCUT2D eigenvalue weighted by atomic mass is 10.1. The molecule has 3 rings (SSSR count). The molecule has 98 valence electrons. The summed E-state index contributed by atoms with van der Waals surface area (Å²) in [7, 11) is 0. The van der Waals surface area contributed by atoms with Gasteiger partial charge in [0.1, 0.15) is 17.8 Å². The number of aryl methyl sites for hydroxylation is 1. The maximum absolute atomic E-state index is 12.7. The number of pyridine rings is 1. The number of carbonyl (C=O) groups is 1. The van der Waals surface area contributed by atoms with Crippen LogP contribution in [0.4, 0.5) is 4.39 Å². The third kappa shape index (κ3) is 2.01. The van der Waals surface area contributed by atoms with Crippen molar-refractivity contribution in [2.75, 3.05) is 0 Å². The number of carbonyl (C=O) groups excluding carboxylic acids is 1. The van der Waals surface area contributed by atoms with Crippen LogP contribution in [-0.2, 0) is 4.74 Å². The summed E-state index contributed by atoms with van der Waals surface area (Å²) in [6.07, 6.45) is -0.247. The molecule has 1 aliphatic rings. The number of ether oxygens (including phenoxy) is 1. The lowest BCUT2D eigenvalue weighted by Crippen LogP contribution is -2.20. The monoisotopic (exact) mass is 261 g/mol. The van der Waals surface area contributed by atoms with E-state index in [9.17, 15) is 14.0 Å². The zero-order valence-corrected chi connectivity index (χ0v) is 10.3. The molecule has 0 unspecified atom stereocenters. The fourth-order valence-electron chi connectivity index (χ4n) is 2.06. The smallest absolute Gasteiger partial charge is 0.344 e. The summed E-state index contributed by atoms with van der Waals surface area (Å²) in [5.41, 5.74) is 0.980. The Morgan fingerprint density at radius 3 is 2.89 bits per heavy atom. The second kappa shape index (κ2) is 4.19. The molecule has 1 saturated carbocycles. The first-order chi connectivity index (χ1) is 9.08. The number of halogens is 1. The van der Waals surface area contributed by atoms with E-state index in [2.05, 4.69) is 4.98 Å². The van der Waals surface area contributed by atoms with Crippen molar-refractivity contribution in [1.29, 1.82) is 0 Å². The van der Waals surface area contributed by atoms with Crippen molar-refractivity contribution in [3.63, 3.8) is 0 Å². The Balaban J connectivity index is 2.05. The second-order valence-electron chi connectivity index (χ2n) is 4.72. The van der Waals surface area contributed by atoms with Crippen molar-refractivity contribution < 1.29 is 13.9 Å². The lowest BCUT2D eigenvalue weighted by molar-refractivity contribution is 0.0437. The molecular formula is C14H12FNO3. The number of rotatable bonds is 2. The van der Waals surface area contributed by atoms with E-state index in [0.717, 1.165) is 5.56 Å². The molecule has 0 radical (unpaired) electrons. The third-order valence-corrected chi connectivity index (χ3v) is 3.25. The predicted octanol–water partition coefficient (Wildman–Crippen LogP) is 2.10. The first kappa shape index (κ1) is 11.9. The maximum Gasteiger partial charge on any atom is 0.344 e. The van der Waals surface area contributed by atoms with E-state index in [-0.39, 0.29) is 17.4 Å². The van der Waals surface area contributed by atoms with E-state index in [0.29, 0.717) is 10.9 Å². The van der Waals surface area contributed by atoms with E-state index in [1.54, 1.807) is 19.1 Å². The van der Waals surface area contributed by atoms with Crippen LogP contribution < -0.4 is 5.43 Å².